The first kappa shape index (κ1) is 24.0. The summed E-state index contributed by atoms with van der Waals surface area (Å²) in [4.78, 5) is 38.0. The van der Waals surface area contributed by atoms with E-state index >= 15 is 0 Å². The summed E-state index contributed by atoms with van der Waals surface area (Å²) in [5, 5.41) is -0.0533. The van der Waals surface area contributed by atoms with E-state index in [1.807, 2.05) is 0 Å². The minimum absolute atomic E-state index is 0.0533. The van der Waals surface area contributed by atoms with E-state index in [1.54, 1.807) is 32.9 Å². The number of carbonyl (C=O) groups is 3. The van der Waals surface area contributed by atoms with Gasteiger partial charge in [-0.05, 0) is 57.5 Å². The van der Waals surface area contributed by atoms with Crippen LogP contribution in [-0.4, -0.2) is 54.6 Å². The zero-order valence-electron chi connectivity index (χ0n) is 19.3. The number of rotatable bonds is 5. The second kappa shape index (κ2) is 8.45. The van der Waals surface area contributed by atoms with Crippen LogP contribution in [0.2, 0.25) is 18.1 Å². The molecule has 0 spiro atoms. The van der Waals surface area contributed by atoms with Crippen molar-refractivity contribution in [3.63, 3.8) is 0 Å². The van der Waals surface area contributed by atoms with Gasteiger partial charge in [-0.25, -0.2) is 19.1 Å². The van der Waals surface area contributed by atoms with E-state index in [2.05, 4.69) is 33.9 Å². The van der Waals surface area contributed by atoms with Crippen molar-refractivity contribution in [3.8, 4) is 5.88 Å². The largest absolute Gasteiger partial charge is 0.531 e. The maximum Gasteiger partial charge on any atom is 0.421 e. The average molecular weight is 439 g/mol. The lowest BCUT2D eigenvalue weighted by atomic mass is 10.2. The Balaban J connectivity index is 2.28. The highest BCUT2D eigenvalue weighted by molar-refractivity contribution is 6.74. The molecular formula is C21H34N2O6Si. The molecule has 1 aliphatic heterocycles. The molecular weight excluding hydrogens is 404 g/mol. The molecule has 1 aromatic rings. The lowest BCUT2D eigenvalue weighted by Gasteiger charge is -2.36. The van der Waals surface area contributed by atoms with Crippen molar-refractivity contribution >= 4 is 26.4 Å². The Labute approximate surface area is 179 Å². The van der Waals surface area contributed by atoms with E-state index in [0.29, 0.717) is 11.6 Å². The molecule has 0 aromatic carbocycles. The third-order valence-electron chi connectivity index (χ3n) is 5.32. The monoisotopic (exact) mass is 438 g/mol. The average Bonchev–Trinajstić information content (AvgIpc) is 3.15. The summed E-state index contributed by atoms with van der Waals surface area (Å²) in [6.07, 6.45) is -0.835. The highest BCUT2D eigenvalue weighted by Crippen LogP contribution is 2.38. The van der Waals surface area contributed by atoms with Crippen molar-refractivity contribution < 1.29 is 28.3 Å². The highest BCUT2D eigenvalue weighted by atomic mass is 28.4. The van der Waals surface area contributed by atoms with Gasteiger partial charge in [-0.3, -0.25) is 4.79 Å². The molecule has 2 heterocycles. The number of cyclic esters (lactones) is 1. The normalized spacial score (nSPS) is 15.2. The van der Waals surface area contributed by atoms with Crippen molar-refractivity contribution in [3.05, 3.63) is 17.8 Å². The van der Waals surface area contributed by atoms with Gasteiger partial charge in [0, 0.05) is 12.1 Å². The Hall–Kier alpha value is -2.29. The molecule has 0 saturated carbocycles. The molecule has 8 nitrogen and oxygen atoms in total. The van der Waals surface area contributed by atoms with Gasteiger partial charge in [-0.15, -0.1) is 0 Å². The molecule has 0 aliphatic carbocycles. The Bertz CT molecular complexity index is 816. The Morgan fingerprint density at radius 3 is 2.27 bits per heavy atom. The fourth-order valence-corrected chi connectivity index (χ4v) is 3.64. The zero-order chi connectivity index (χ0) is 22.9. The van der Waals surface area contributed by atoms with Gasteiger partial charge in [0.25, 0.3) is 8.32 Å². The van der Waals surface area contributed by atoms with Crippen molar-refractivity contribution in [1.29, 1.82) is 0 Å². The van der Waals surface area contributed by atoms with Crippen LogP contribution in [0.1, 0.15) is 53.7 Å². The number of aryl methyl sites for hydroxylation is 1. The summed E-state index contributed by atoms with van der Waals surface area (Å²) in [6.45, 7) is 16.4. The maximum atomic E-state index is 13.0. The molecule has 1 aromatic heterocycles. The van der Waals surface area contributed by atoms with Crippen molar-refractivity contribution in [2.75, 3.05) is 13.2 Å². The van der Waals surface area contributed by atoms with Crippen LogP contribution in [0.5, 0.6) is 5.88 Å². The summed E-state index contributed by atoms with van der Waals surface area (Å²) in [5.41, 5.74) is -0.0824. The van der Waals surface area contributed by atoms with Crippen molar-refractivity contribution in [2.45, 2.75) is 78.1 Å². The molecule has 2 amide bonds. The quantitative estimate of drug-likeness (QED) is 0.626. The molecule has 168 valence electrons. The van der Waals surface area contributed by atoms with E-state index in [9.17, 15) is 14.4 Å². The molecule has 0 N–H and O–H groups in total. The third kappa shape index (κ3) is 5.65. The number of nitrogens with zero attached hydrogens (tertiary/aromatic N) is 2. The summed E-state index contributed by atoms with van der Waals surface area (Å²) >= 11 is 0. The van der Waals surface area contributed by atoms with Gasteiger partial charge in [0.05, 0.1) is 6.54 Å². The Kier molecular flexibility index (Phi) is 6.75. The summed E-state index contributed by atoms with van der Waals surface area (Å²) in [7, 11) is -2.21. The van der Waals surface area contributed by atoms with Gasteiger partial charge in [0.2, 0.25) is 5.91 Å². The van der Waals surface area contributed by atoms with Gasteiger partial charge in [0.15, 0.2) is 5.88 Å². The summed E-state index contributed by atoms with van der Waals surface area (Å²) in [6, 6.07) is 3.51. The van der Waals surface area contributed by atoms with Gasteiger partial charge < -0.3 is 13.9 Å². The summed E-state index contributed by atoms with van der Waals surface area (Å²) in [5.74, 6) is 0.0835. The van der Waals surface area contributed by atoms with Crippen LogP contribution >= 0.6 is 0 Å². The predicted molar refractivity (Wildman–Crippen MR) is 115 cm³/mol. The van der Waals surface area contributed by atoms with Crippen LogP contribution in [0.25, 0.3) is 0 Å². The van der Waals surface area contributed by atoms with Crippen LogP contribution < -0.4 is 4.43 Å². The highest BCUT2D eigenvalue weighted by Gasteiger charge is 2.40. The minimum Gasteiger partial charge on any atom is -0.531 e. The van der Waals surface area contributed by atoms with Gasteiger partial charge in [-0.2, -0.15) is 0 Å². The lowest BCUT2D eigenvalue weighted by molar-refractivity contribution is -0.127. The van der Waals surface area contributed by atoms with Crippen molar-refractivity contribution in [1.82, 2.24) is 9.47 Å². The Morgan fingerprint density at radius 1 is 1.13 bits per heavy atom. The van der Waals surface area contributed by atoms with Crippen LogP contribution in [0.15, 0.2) is 12.1 Å². The molecule has 1 aliphatic rings. The first-order valence-electron chi connectivity index (χ1n) is 10.2. The number of hydrogen-bond donors (Lipinski definition) is 0. The van der Waals surface area contributed by atoms with Crippen LogP contribution in [0, 0.1) is 0 Å². The lowest BCUT2D eigenvalue weighted by Crippen LogP contribution is -2.44. The first-order valence-corrected chi connectivity index (χ1v) is 13.1. The zero-order valence-corrected chi connectivity index (χ0v) is 20.3. The number of aromatic nitrogens is 1. The van der Waals surface area contributed by atoms with Crippen molar-refractivity contribution in [2.24, 2.45) is 0 Å². The van der Waals surface area contributed by atoms with E-state index in [1.165, 1.54) is 4.57 Å². The van der Waals surface area contributed by atoms with Gasteiger partial charge >= 0.3 is 12.2 Å². The maximum absolute atomic E-state index is 13.0. The standard InChI is InChI=1S/C21H34N2O6Si/c1-20(2,3)28-19(26)23-15(9-11-16(24)22-13-14-27-18(22)25)10-12-17(23)29-30(7,8)21(4,5)6/h10,12H,9,11,13-14H2,1-8H3. The SMILES string of the molecule is CC(C)(C)OC(=O)n1c(CCC(=O)N2CCOC2=O)ccc1O[Si](C)(C)C(C)(C)C. The molecule has 0 radical (unpaired) electrons. The first-order chi connectivity index (χ1) is 13.6. The minimum atomic E-state index is -2.21. The molecule has 9 heteroatoms. The third-order valence-corrected chi connectivity index (χ3v) is 9.66. The number of imide groups is 1. The van der Waals surface area contributed by atoms with Crippen LogP contribution in [-0.2, 0) is 20.7 Å². The van der Waals surface area contributed by atoms with Gasteiger partial charge in [0.1, 0.15) is 12.2 Å². The van der Waals surface area contributed by atoms with E-state index in [4.69, 9.17) is 13.9 Å². The van der Waals surface area contributed by atoms with Crippen LogP contribution in [0.3, 0.4) is 0 Å². The smallest absolute Gasteiger partial charge is 0.421 e. The van der Waals surface area contributed by atoms with Crippen LogP contribution in [0.4, 0.5) is 9.59 Å². The fraction of sp³-hybridized carbons (Fsp3) is 0.667. The molecule has 0 atom stereocenters. The molecule has 1 fully saturated rings. The Morgan fingerprint density at radius 2 is 1.77 bits per heavy atom. The molecule has 1 saturated heterocycles. The number of amides is 2. The van der Waals surface area contributed by atoms with E-state index in [0.717, 1.165) is 4.90 Å². The second-order valence-corrected chi connectivity index (χ2v) is 14.7. The van der Waals surface area contributed by atoms with E-state index < -0.39 is 26.1 Å². The predicted octanol–water partition coefficient (Wildman–Crippen LogP) is 4.57. The van der Waals surface area contributed by atoms with E-state index in [-0.39, 0.29) is 36.9 Å². The molecule has 0 bridgehead atoms. The number of hydrogen-bond acceptors (Lipinski definition) is 6. The fourth-order valence-electron chi connectivity index (χ4n) is 2.65. The molecule has 0 unspecified atom stereocenters. The molecule has 2 rings (SSSR count). The summed E-state index contributed by atoms with van der Waals surface area (Å²) < 4.78 is 18.2. The topological polar surface area (TPSA) is 87.1 Å². The second-order valence-electron chi connectivity index (χ2n) is 10.0. The van der Waals surface area contributed by atoms with Gasteiger partial charge in [-0.1, -0.05) is 20.8 Å². The number of carbonyl (C=O) groups excluding carboxylic acids is 3. The number of ether oxygens (including phenoxy) is 2. The molecule has 30 heavy (non-hydrogen) atoms.